The van der Waals surface area contributed by atoms with Crippen LogP contribution in [0.1, 0.15) is 25.5 Å². The molecular weight excluding hydrogens is 304 g/mol. The lowest BCUT2D eigenvalue weighted by Crippen LogP contribution is -2.19. The number of hydrogen-bond acceptors (Lipinski definition) is 5. The summed E-state index contributed by atoms with van der Waals surface area (Å²) in [5.74, 6) is 1.32. The average Bonchev–Trinajstić information content (AvgIpc) is 2.61. The smallest absolute Gasteiger partial charge is 0.252 e. The number of nitrogens with zero attached hydrogens (tertiary/aromatic N) is 3. The van der Waals surface area contributed by atoms with Crippen LogP contribution in [0.15, 0.2) is 47.4 Å². The van der Waals surface area contributed by atoms with Crippen molar-refractivity contribution < 1.29 is 4.74 Å². The molecule has 0 spiro atoms. The first-order valence-corrected chi connectivity index (χ1v) is 7.89. The van der Waals surface area contributed by atoms with Gasteiger partial charge in [0.25, 0.3) is 5.56 Å². The van der Waals surface area contributed by atoms with Gasteiger partial charge in [0.15, 0.2) is 0 Å². The largest absolute Gasteiger partial charge is 0.497 e. The summed E-state index contributed by atoms with van der Waals surface area (Å²) in [6, 6.07) is 11.2. The van der Waals surface area contributed by atoms with Gasteiger partial charge in [-0.25, -0.2) is 4.98 Å². The Labute approximate surface area is 140 Å². The van der Waals surface area contributed by atoms with Gasteiger partial charge in [0.1, 0.15) is 11.4 Å². The van der Waals surface area contributed by atoms with E-state index in [1.807, 2.05) is 38.1 Å². The van der Waals surface area contributed by atoms with Crippen LogP contribution in [0.3, 0.4) is 0 Å². The fraction of sp³-hybridized carbons (Fsp3) is 0.278. The van der Waals surface area contributed by atoms with Crippen LogP contribution in [0, 0.1) is 0 Å². The van der Waals surface area contributed by atoms with E-state index < -0.39 is 0 Å². The van der Waals surface area contributed by atoms with Crippen LogP contribution in [-0.2, 0) is 6.54 Å². The van der Waals surface area contributed by atoms with Gasteiger partial charge in [-0.2, -0.15) is 4.98 Å². The Morgan fingerprint density at radius 2 is 1.96 bits per heavy atom. The van der Waals surface area contributed by atoms with Crippen molar-refractivity contribution in [3.8, 4) is 5.75 Å². The van der Waals surface area contributed by atoms with Crippen LogP contribution >= 0.6 is 0 Å². The molecule has 1 N–H and O–H groups in total. The molecule has 0 amide bonds. The van der Waals surface area contributed by atoms with Gasteiger partial charge in [0.05, 0.1) is 13.2 Å². The molecule has 124 valence electrons. The van der Waals surface area contributed by atoms with Gasteiger partial charge in [-0.15, -0.1) is 0 Å². The number of fused-ring (bicyclic) bond motifs is 1. The molecule has 0 fully saturated rings. The second-order valence-corrected chi connectivity index (χ2v) is 5.53. The van der Waals surface area contributed by atoms with Crippen LogP contribution in [0.4, 0.5) is 5.95 Å². The highest BCUT2D eigenvalue weighted by atomic mass is 16.5. The highest BCUT2D eigenvalue weighted by molar-refractivity contribution is 5.75. The summed E-state index contributed by atoms with van der Waals surface area (Å²) in [5.41, 5.74) is 1.68. The fourth-order valence-corrected chi connectivity index (χ4v) is 2.62. The minimum absolute atomic E-state index is 0.0267. The Bertz CT molecular complexity index is 903. The number of benzene rings is 1. The van der Waals surface area contributed by atoms with Gasteiger partial charge in [0, 0.05) is 24.2 Å². The van der Waals surface area contributed by atoms with Crippen LogP contribution in [0.5, 0.6) is 5.75 Å². The molecule has 1 aromatic carbocycles. The number of ether oxygens (including phenoxy) is 1. The van der Waals surface area contributed by atoms with Crippen molar-refractivity contribution in [1.29, 1.82) is 0 Å². The summed E-state index contributed by atoms with van der Waals surface area (Å²) < 4.78 is 6.81. The molecule has 2 aromatic heterocycles. The van der Waals surface area contributed by atoms with E-state index >= 15 is 0 Å². The van der Waals surface area contributed by atoms with Crippen molar-refractivity contribution in [2.24, 2.45) is 0 Å². The number of hydrogen-bond donors (Lipinski definition) is 1. The zero-order chi connectivity index (χ0) is 17.1. The highest BCUT2D eigenvalue weighted by Crippen LogP contribution is 2.20. The van der Waals surface area contributed by atoms with Crippen LogP contribution in [0.2, 0.25) is 0 Å². The lowest BCUT2D eigenvalue weighted by Gasteiger charge is -2.15. The predicted octanol–water partition coefficient (Wildman–Crippen LogP) is 2.99. The Balaban J connectivity index is 1.90. The Kier molecular flexibility index (Phi) is 4.46. The maximum atomic E-state index is 11.9. The van der Waals surface area contributed by atoms with E-state index in [9.17, 15) is 4.79 Å². The molecule has 0 aliphatic carbocycles. The predicted molar refractivity (Wildman–Crippen MR) is 94.5 cm³/mol. The molecule has 0 saturated carbocycles. The van der Waals surface area contributed by atoms with Crippen molar-refractivity contribution in [2.45, 2.75) is 26.4 Å². The van der Waals surface area contributed by atoms with E-state index in [4.69, 9.17) is 4.74 Å². The normalized spacial score (nSPS) is 12.1. The van der Waals surface area contributed by atoms with Gasteiger partial charge in [-0.05, 0) is 37.6 Å². The first-order valence-electron chi connectivity index (χ1n) is 7.89. The quantitative estimate of drug-likeness (QED) is 0.781. The number of nitrogens with one attached hydrogen (secondary N) is 1. The molecule has 0 bridgehead atoms. The van der Waals surface area contributed by atoms with E-state index in [1.165, 1.54) is 0 Å². The molecule has 0 aliphatic rings. The number of aromatic nitrogens is 3. The van der Waals surface area contributed by atoms with Gasteiger partial charge >= 0.3 is 0 Å². The lowest BCUT2D eigenvalue weighted by atomic mass is 10.1. The Morgan fingerprint density at radius 3 is 2.62 bits per heavy atom. The molecule has 3 aromatic rings. The number of aryl methyl sites for hydroxylation is 1. The van der Waals surface area contributed by atoms with Gasteiger partial charge < -0.3 is 10.1 Å². The summed E-state index contributed by atoms with van der Waals surface area (Å²) in [5, 5.41) is 4.13. The highest BCUT2D eigenvalue weighted by Gasteiger charge is 2.10. The number of methoxy groups -OCH3 is 1. The van der Waals surface area contributed by atoms with Crippen LogP contribution in [-0.4, -0.2) is 21.6 Å². The molecule has 6 heteroatoms. The van der Waals surface area contributed by atoms with Crippen molar-refractivity contribution in [2.75, 3.05) is 12.4 Å². The van der Waals surface area contributed by atoms with Crippen molar-refractivity contribution in [3.05, 3.63) is 58.5 Å². The first kappa shape index (κ1) is 16.0. The fourth-order valence-electron chi connectivity index (χ4n) is 2.62. The third-order valence-corrected chi connectivity index (χ3v) is 4.00. The second kappa shape index (κ2) is 6.70. The van der Waals surface area contributed by atoms with E-state index in [1.54, 1.807) is 30.0 Å². The topological polar surface area (TPSA) is 69.0 Å². The number of pyridine rings is 1. The molecule has 3 rings (SSSR count). The molecule has 24 heavy (non-hydrogen) atoms. The van der Waals surface area contributed by atoms with Crippen molar-refractivity contribution in [1.82, 2.24) is 14.5 Å². The summed E-state index contributed by atoms with van der Waals surface area (Å²) in [6.45, 7) is 4.53. The number of anilines is 1. The summed E-state index contributed by atoms with van der Waals surface area (Å²) in [6.07, 6.45) is 1.73. The van der Waals surface area contributed by atoms with Crippen LogP contribution < -0.4 is 15.6 Å². The minimum Gasteiger partial charge on any atom is -0.497 e. The zero-order valence-electron chi connectivity index (χ0n) is 14.0. The molecule has 6 nitrogen and oxygen atoms in total. The maximum Gasteiger partial charge on any atom is 0.252 e. The minimum atomic E-state index is -0.0575. The summed E-state index contributed by atoms with van der Waals surface area (Å²) >= 11 is 0. The standard InChI is InChI=1S/C18H20N4O2/c1-4-22-16(23)10-7-14-11-19-18(21-17(14)22)20-12(2)13-5-8-15(24-3)9-6-13/h5-12H,4H2,1-3H3,(H,19,20,21)/t12-/m0/s1. The monoisotopic (exact) mass is 324 g/mol. The van der Waals surface area contributed by atoms with Gasteiger partial charge in [-0.3, -0.25) is 9.36 Å². The van der Waals surface area contributed by atoms with Crippen molar-refractivity contribution >= 4 is 17.0 Å². The molecule has 0 aliphatic heterocycles. The number of rotatable bonds is 5. The van der Waals surface area contributed by atoms with Gasteiger partial charge in [0.2, 0.25) is 5.95 Å². The van der Waals surface area contributed by atoms with Gasteiger partial charge in [-0.1, -0.05) is 12.1 Å². The Morgan fingerprint density at radius 1 is 1.21 bits per heavy atom. The molecule has 0 saturated heterocycles. The average molecular weight is 324 g/mol. The van der Waals surface area contributed by atoms with Crippen LogP contribution in [0.25, 0.3) is 11.0 Å². The van der Waals surface area contributed by atoms with Crippen molar-refractivity contribution in [3.63, 3.8) is 0 Å². The van der Waals surface area contributed by atoms with E-state index in [2.05, 4.69) is 15.3 Å². The SMILES string of the molecule is CCn1c(=O)ccc2cnc(N[C@@H](C)c3ccc(OC)cc3)nc21. The zero-order valence-corrected chi connectivity index (χ0v) is 14.0. The first-order chi connectivity index (χ1) is 11.6. The second-order valence-electron chi connectivity index (χ2n) is 5.53. The molecule has 2 heterocycles. The molecule has 0 unspecified atom stereocenters. The maximum absolute atomic E-state index is 11.9. The summed E-state index contributed by atoms with van der Waals surface area (Å²) in [4.78, 5) is 20.8. The lowest BCUT2D eigenvalue weighted by molar-refractivity contribution is 0.414. The summed E-state index contributed by atoms with van der Waals surface area (Å²) in [7, 11) is 1.65. The van der Waals surface area contributed by atoms with E-state index in [-0.39, 0.29) is 11.6 Å². The Hall–Kier alpha value is -2.89. The molecule has 1 atom stereocenters. The molecular formula is C18H20N4O2. The van der Waals surface area contributed by atoms with E-state index in [0.717, 1.165) is 16.7 Å². The third kappa shape index (κ3) is 3.08. The third-order valence-electron chi connectivity index (χ3n) is 4.00. The molecule has 0 radical (unpaired) electrons. The van der Waals surface area contributed by atoms with E-state index in [0.29, 0.717) is 18.1 Å².